The molecule has 0 aliphatic rings. The van der Waals surface area contributed by atoms with Crippen molar-refractivity contribution in [1.82, 2.24) is 9.78 Å². The number of carbonyl (C=O) groups is 1. The summed E-state index contributed by atoms with van der Waals surface area (Å²) >= 11 is 12.3. The number of benzene rings is 2. The quantitative estimate of drug-likeness (QED) is 0.487. The maximum Gasteiger partial charge on any atom is 0.387 e. The van der Waals surface area contributed by atoms with Crippen molar-refractivity contribution in [2.45, 2.75) is 20.1 Å². The molecule has 0 aliphatic heterocycles. The lowest BCUT2D eigenvalue weighted by atomic mass is 10.2. The van der Waals surface area contributed by atoms with E-state index in [1.807, 2.05) is 0 Å². The first-order valence-electron chi connectivity index (χ1n) is 8.86. The van der Waals surface area contributed by atoms with Crippen LogP contribution >= 0.6 is 23.2 Å². The Morgan fingerprint density at radius 3 is 2.57 bits per heavy atom. The van der Waals surface area contributed by atoms with Crippen molar-refractivity contribution in [1.29, 1.82) is 0 Å². The number of alkyl halides is 2. The van der Waals surface area contributed by atoms with Crippen LogP contribution in [0.15, 0.2) is 48.7 Å². The van der Waals surface area contributed by atoms with Gasteiger partial charge in [0.2, 0.25) is 0 Å². The van der Waals surface area contributed by atoms with Crippen LogP contribution < -0.4 is 14.8 Å². The fourth-order valence-corrected chi connectivity index (χ4v) is 3.18. The number of halogens is 4. The lowest BCUT2D eigenvalue weighted by molar-refractivity contribution is -0.0514. The van der Waals surface area contributed by atoms with Gasteiger partial charge in [-0.1, -0.05) is 29.3 Å². The average molecular weight is 456 g/mol. The first kappa shape index (κ1) is 21.9. The minimum atomic E-state index is -3.00. The van der Waals surface area contributed by atoms with Crippen molar-refractivity contribution in [3.63, 3.8) is 0 Å². The van der Waals surface area contributed by atoms with Crippen LogP contribution in [0.25, 0.3) is 0 Å². The largest absolute Gasteiger partial charge is 0.490 e. The Kier molecular flexibility index (Phi) is 7.12. The predicted octanol–water partition coefficient (Wildman–Crippen LogP) is 5.49. The molecule has 3 rings (SSSR count). The normalized spacial score (nSPS) is 10.9. The summed E-state index contributed by atoms with van der Waals surface area (Å²) < 4.78 is 36.3. The Labute approximate surface area is 181 Å². The van der Waals surface area contributed by atoms with Gasteiger partial charge in [0.15, 0.2) is 17.3 Å². The molecule has 0 bridgehead atoms. The molecule has 3 aromatic rings. The third-order valence-electron chi connectivity index (χ3n) is 3.99. The van der Waals surface area contributed by atoms with Crippen LogP contribution in [-0.4, -0.2) is 28.9 Å². The van der Waals surface area contributed by atoms with Crippen LogP contribution in [0.5, 0.6) is 11.5 Å². The fraction of sp³-hybridized carbons (Fsp3) is 0.200. The van der Waals surface area contributed by atoms with Gasteiger partial charge >= 0.3 is 6.61 Å². The third-order valence-corrected chi connectivity index (χ3v) is 4.69. The SMILES string of the molecule is CCOc1cc(C(=O)Nc2ccn(Cc3c(Cl)cccc3Cl)n2)ccc1OC(F)F. The molecule has 0 radical (unpaired) electrons. The Bertz CT molecular complexity index is 1020. The Morgan fingerprint density at radius 2 is 1.90 bits per heavy atom. The van der Waals surface area contributed by atoms with Gasteiger partial charge in [-0.05, 0) is 37.3 Å². The van der Waals surface area contributed by atoms with E-state index >= 15 is 0 Å². The molecule has 1 heterocycles. The van der Waals surface area contributed by atoms with Crippen molar-refractivity contribution in [3.05, 3.63) is 69.8 Å². The molecule has 158 valence electrons. The van der Waals surface area contributed by atoms with Crippen molar-refractivity contribution in [2.24, 2.45) is 0 Å². The molecular weight excluding hydrogens is 439 g/mol. The van der Waals surface area contributed by atoms with E-state index in [-0.39, 0.29) is 23.7 Å². The fourth-order valence-electron chi connectivity index (χ4n) is 2.66. The van der Waals surface area contributed by atoms with E-state index < -0.39 is 12.5 Å². The van der Waals surface area contributed by atoms with Crippen LogP contribution in [0.4, 0.5) is 14.6 Å². The molecule has 0 saturated carbocycles. The molecular formula is C20H17Cl2F2N3O3. The van der Waals surface area contributed by atoms with Crippen LogP contribution in [0.2, 0.25) is 10.0 Å². The van der Waals surface area contributed by atoms with Gasteiger partial charge in [-0.25, -0.2) is 0 Å². The first-order chi connectivity index (χ1) is 14.4. The number of aromatic nitrogens is 2. The predicted molar refractivity (Wildman–Crippen MR) is 110 cm³/mol. The lowest BCUT2D eigenvalue weighted by Gasteiger charge is -2.12. The minimum absolute atomic E-state index is 0.0457. The van der Waals surface area contributed by atoms with Crippen molar-refractivity contribution in [2.75, 3.05) is 11.9 Å². The zero-order chi connectivity index (χ0) is 21.7. The summed E-state index contributed by atoms with van der Waals surface area (Å²) in [5.41, 5.74) is 0.904. The number of rotatable bonds is 8. The number of hydrogen-bond donors (Lipinski definition) is 1. The second-order valence-corrected chi connectivity index (χ2v) is 6.84. The molecule has 0 aliphatic carbocycles. The summed E-state index contributed by atoms with van der Waals surface area (Å²) in [6, 6.07) is 10.8. The van der Waals surface area contributed by atoms with Crippen molar-refractivity contribution in [3.8, 4) is 11.5 Å². The van der Waals surface area contributed by atoms with Crippen LogP contribution in [0.1, 0.15) is 22.8 Å². The first-order valence-corrected chi connectivity index (χ1v) is 9.62. The number of amides is 1. The van der Waals surface area contributed by atoms with E-state index in [2.05, 4.69) is 15.2 Å². The van der Waals surface area contributed by atoms with Gasteiger partial charge in [0.1, 0.15) is 0 Å². The molecule has 0 saturated heterocycles. The number of nitrogens with one attached hydrogen (secondary N) is 1. The van der Waals surface area contributed by atoms with Gasteiger partial charge in [-0.15, -0.1) is 0 Å². The number of hydrogen-bond acceptors (Lipinski definition) is 4. The maximum atomic E-state index is 12.5. The number of ether oxygens (including phenoxy) is 2. The third kappa shape index (κ3) is 5.40. The van der Waals surface area contributed by atoms with Crippen LogP contribution in [0, 0.1) is 0 Å². The van der Waals surface area contributed by atoms with Gasteiger partial charge in [0.05, 0.1) is 13.2 Å². The zero-order valence-electron chi connectivity index (χ0n) is 15.7. The molecule has 0 fully saturated rings. The lowest BCUT2D eigenvalue weighted by Crippen LogP contribution is -2.14. The highest BCUT2D eigenvalue weighted by molar-refractivity contribution is 6.35. The summed E-state index contributed by atoms with van der Waals surface area (Å²) in [4.78, 5) is 12.5. The molecule has 6 nitrogen and oxygen atoms in total. The molecule has 0 atom stereocenters. The summed E-state index contributed by atoms with van der Waals surface area (Å²) in [6.45, 7) is -0.765. The molecule has 1 aromatic heterocycles. The Balaban J connectivity index is 1.73. The van der Waals surface area contributed by atoms with E-state index in [0.717, 1.165) is 0 Å². The van der Waals surface area contributed by atoms with Gasteiger partial charge in [-0.3, -0.25) is 9.48 Å². The summed E-state index contributed by atoms with van der Waals surface area (Å²) in [5.74, 6) is -0.289. The molecule has 1 amide bonds. The summed E-state index contributed by atoms with van der Waals surface area (Å²) in [5, 5.41) is 7.95. The van der Waals surface area contributed by atoms with E-state index in [1.165, 1.54) is 18.2 Å². The molecule has 1 N–H and O–H groups in total. The van der Waals surface area contributed by atoms with Gasteiger partial charge in [-0.2, -0.15) is 13.9 Å². The highest BCUT2D eigenvalue weighted by atomic mass is 35.5. The monoisotopic (exact) mass is 455 g/mol. The molecule has 10 heteroatoms. The number of anilines is 1. The van der Waals surface area contributed by atoms with Gasteiger partial charge in [0.25, 0.3) is 5.91 Å². The topological polar surface area (TPSA) is 65.4 Å². The van der Waals surface area contributed by atoms with E-state index in [1.54, 1.807) is 42.1 Å². The van der Waals surface area contributed by atoms with Gasteiger partial charge < -0.3 is 14.8 Å². The summed E-state index contributed by atoms with van der Waals surface area (Å²) in [7, 11) is 0. The second-order valence-electron chi connectivity index (χ2n) is 6.03. The van der Waals surface area contributed by atoms with E-state index in [9.17, 15) is 13.6 Å². The molecule has 30 heavy (non-hydrogen) atoms. The zero-order valence-corrected chi connectivity index (χ0v) is 17.3. The highest BCUT2D eigenvalue weighted by Gasteiger charge is 2.16. The highest BCUT2D eigenvalue weighted by Crippen LogP contribution is 2.30. The average Bonchev–Trinajstić information content (AvgIpc) is 3.13. The van der Waals surface area contributed by atoms with Crippen LogP contribution in [0.3, 0.4) is 0 Å². The van der Waals surface area contributed by atoms with Crippen LogP contribution in [-0.2, 0) is 6.54 Å². The van der Waals surface area contributed by atoms with E-state index in [4.69, 9.17) is 27.9 Å². The Hall–Kier alpha value is -2.84. The van der Waals surface area contributed by atoms with Gasteiger partial charge in [0, 0.05) is 33.4 Å². The molecule has 0 unspecified atom stereocenters. The van der Waals surface area contributed by atoms with E-state index in [0.29, 0.717) is 28.0 Å². The molecule has 2 aromatic carbocycles. The number of carbonyl (C=O) groups excluding carboxylic acids is 1. The minimum Gasteiger partial charge on any atom is -0.490 e. The number of nitrogens with zero attached hydrogens (tertiary/aromatic N) is 2. The second kappa shape index (κ2) is 9.77. The molecule has 0 spiro atoms. The summed E-state index contributed by atoms with van der Waals surface area (Å²) in [6.07, 6.45) is 1.67. The maximum absolute atomic E-state index is 12.5. The van der Waals surface area contributed by atoms with Crippen molar-refractivity contribution < 1.29 is 23.0 Å². The smallest absolute Gasteiger partial charge is 0.387 e. The van der Waals surface area contributed by atoms with Crippen molar-refractivity contribution >= 4 is 34.9 Å². The Morgan fingerprint density at radius 1 is 1.17 bits per heavy atom. The standard InChI is InChI=1S/C20H17Cl2F2N3O3/c1-2-29-17-10-12(6-7-16(17)30-20(23)24)19(28)25-18-8-9-27(26-18)11-13-14(21)4-3-5-15(13)22/h3-10,20H,2,11H2,1H3,(H,25,26,28).